The molecule has 3 rings (SSSR count). The van der Waals surface area contributed by atoms with Crippen LogP contribution in [0.25, 0.3) is 0 Å². The molecular formula is C12H7ClN2O2S2. The first-order valence-electron chi connectivity index (χ1n) is 5.36. The average molecular weight is 311 g/mol. The predicted molar refractivity (Wildman–Crippen MR) is 75.8 cm³/mol. The van der Waals surface area contributed by atoms with Crippen molar-refractivity contribution in [2.75, 3.05) is 5.32 Å². The molecule has 2 heterocycles. The number of aromatic nitrogens is 1. The smallest absolute Gasteiger partial charge is 0.242 e. The van der Waals surface area contributed by atoms with Gasteiger partial charge in [-0.3, -0.25) is 9.59 Å². The van der Waals surface area contributed by atoms with Crippen molar-refractivity contribution in [2.24, 2.45) is 0 Å². The summed E-state index contributed by atoms with van der Waals surface area (Å²) in [5.74, 6) is -1.14. The largest absolute Gasteiger partial charge is 0.301 e. The zero-order chi connectivity index (χ0) is 13.4. The van der Waals surface area contributed by atoms with Gasteiger partial charge in [0.05, 0.1) is 0 Å². The number of thiazole rings is 1. The van der Waals surface area contributed by atoms with Gasteiger partial charge in [0.15, 0.2) is 5.13 Å². The van der Waals surface area contributed by atoms with Gasteiger partial charge >= 0.3 is 0 Å². The van der Waals surface area contributed by atoms with Crippen molar-refractivity contribution in [3.63, 3.8) is 0 Å². The number of halogens is 1. The monoisotopic (exact) mass is 310 g/mol. The number of anilines is 1. The maximum absolute atomic E-state index is 12.2. The van der Waals surface area contributed by atoms with Crippen LogP contribution in [0, 0.1) is 0 Å². The Morgan fingerprint density at radius 2 is 2.26 bits per heavy atom. The number of hydrogen-bond donors (Lipinski definition) is 1. The second-order valence-electron chi connectivity index (χ2n) is 3.86. The van der Waals surface area contributed by atoms with Crippen LogP contribution in [0.3, 0.4) is 0 Å². The standard InChI is InChI=1S/C12H7ClN2O2S2/c13-6-1-2-7-8(5-6)19-11(17)9(7)10(16)15-12-14-3-4-18-12/h1-5,9H,(H,14,15,16). The van der Waals surface area contributed by atoms with Crippen LogP contribution in [0.2, 0.25) is 5.02 Å². The number of hydrogen-bond acceptors (Lipinski definition) is 5. The van der Waals surface area contributed by atoms with Gasteiger partial charge in [0.1, 0.15) is 5.92 Å². The molecule has 0 fully saturated rings. The van der Waals surface area contributed by atoms with E-state index in [1.165, 1.54) is 11.3 Å². The SMILES string of the molecule is O=C(Nc1nccs1)C1C(=O)Sc2cc(Cl)ccc21. The average Bonchev–Trinajstić information content (AvgIpc) is 2.95. The van der Waals surface area contributed by atoms with Crippen molar-refractivity contribution in [1.29, 1.82) is 0 Å². The van der Waals surface area contributed by atoms with Gasteiger partial charge in [-0.05, 0) is 17.7 Å². The molecule has 2 aromatic rings. The van der Waals surface area contributed by atoms with Crippen molar-refractivity contribution in [1.82, 2.24) is 4.98 Å². The van der Waals surface area contributed by atoms with Gasteiger partial charge in [-0.15, -0.1) is 11.3 Å². The van der Waals surface area contributed by atoms with E-state index in [0.29, 0.717) is 15.7 Å². The number of rotatable bonds is 2. The number of thioether (sulfide) groups is 1. The Hall–Kier alpha value is -1.37. The van der Waals surface area contributed by atoms with Crippen LogP contribution in [0.1, 0.15) is 11.5 Å². The quantitative estimate of drug-likeness (QED) is 0.866. The van der Waals surface area contributed by atoms with E-state index in [2.05, 4.69) is 10.3 Å². The van der Waals surface area contributed by atoms with Crippen molar-refractivity contribution >= 4 is 50.9 Å². The zero-order valence-electron chi connectivity index (χ0n) is 9.42. The van der Waals surface area contributed by atoms with Gasteiger partial charge in [-0.25, -0.2) is 4.98 Å². The lowest BCUT2D eigenvalue weighted by Crippen LogP contribution is -2.23. The summed E-state index contributed by atoms with van der Waals surface area (Å²) < 4.78 is 0. The molecule has 0 radical (unpaired) electrons. The van der Waals surface area contributed by atoms with Crippen molar-refractivity contribution in [2.45, 2.75) is 10.8 Å². The molecule has 19 heavy (non-hydrogen) atoms. The van der Waals surface area contributed by atoms with Gasteiger partial charge in [-0.1, -0.05) is 29.4 Å². The summed E-state index contributed by atoms with van der Waals surface area (Å²) in [4.78, 5) is 28.8. The van der Waals surface area contributed by atoms with Gasteiger partial charge in [0.2, 0.25) is 11.0 Å². The highest BCUT2D eigenvalue weighted by atomic mass is 35.5. The molecule has 1 amide bonds. The number of carbonyl (C=O) groups is 2. The lowest BCUT2D eigenvalue weighted by molar-refractivity contribution is -0.123. The highest BCUT2D eigenvalue weighted by Crippen LogP contribution is 2.42. The minimum absolute atomic E-state index is 0.189. The number of carbonyl (C=O) groups excluding carboxylic acids is 2. The molecule has 1 N–H and O–H groups in total. The van der Waals surface area contributed by atoms with Crippen LogP contribution in [0.15, 0.2) is 34.7 Å². The summed E-state index contributed by atoms with van der Waals surface area (Å²) in [6.07, 6.45) is 1.60. The fourth-order valence-electron chi connectivity index (χ4n) is 1.84. The van der Waals surface area contributed by atoms with Gasteiger partial charge in [-0.2, -0.15) is 0 Å². The van der Waals surface area contributed by atoms with Crippen LogP contribution >= 0.6 is 34.7 Å². The summed E-state index contributed by atoms with van der Waals surface area (Å²) in [5.41, 5.74) is 0.702. The Bertz CT molecular complexity index is 658. The van der Waals surface area contributed by atoms with E-state index in [4.69, 9.17) is 11.6 Å². The first kappa shape index (κ1) is 12.7. The predicted octanol–water partition coefficient (Wildman–Crippen LogP) is 3.15. The van der Waals surface area contributed by atoms with E-state index in [-0.39, 0.29) is 11.0 Å². The highest BCUT2D eigenvalue weighted by Gasteiger charge is 2.37. The third kappa shape index (κ3) is 2.39. The van der Waals surface area contributed by atoms with E-state index in [1.54, 1.807) is 29.8 Å². The summed E-state index contributed by atoms with van der Waals surface area (Å²) in [7, 11) is 0. The number of nitrogens with zero attached hydrogens (tertiary/aromatic N) is 1. The molecule has 1 aliphatic heterocycles. The molecule has 1 aliphatic rings. The molecule has 1 aromatic carbocycles. The van der Waals surface area contributed by atoms with E-state index in [9.17, 15) is 9.59 Å². The molecular weight excluding hydrogens is 304 g/mol. The third-order valence-electron chi connectivity index (χ3n) is 2.66. The second-order valence-corrected chi connectivity index (χ2v) is 6.24. The molecule has 0 saturated heterocycles. The first-order valence-corrected chi connectivity index (χ1v) is 7.44. The zero-order valence-corrected chi connectivity index (χ0v) is 11.8. The number of amides is 1. The topological polar surface area (TPSA) is 59.1 Å². The lowest BCUT2D eigenvalue weighted by atomic mass is 10.00. The van der Waals surface area contributed by atoms with E-state index >= 15 is 0 Å². The molecule has 0 spiro atoms. The Balaban J connectivity index is 1.89. The molecule has 0 saturated carbocycles. The molecule has 7 heteroatoms. The fourth-order valence-corrected chi connectivity index (χ4v) is 3.67. The van der Waals surface area contributed by atoms with Crippen LogP contribution in [0.5, 0.6) is 0 Å². The van der Waals surface area contributed by atoms with Crippen LogP contribution in [-0.2, 0) is 9.59 Å². The maximum atomic E-state index is 12.2. The summed E-state index contributed by atoms with van der Waals surface area (Å²) in [6, 6.07) is 5.11. The fraction of sp³-hybridized carbons (Fsp3) is 0.0833. The molecule has 96 valence electrons. The van der Waals surface area contributed by atoms with Crippen molar-refractivity contribution < 1.29 is 9.59 Å². The van der Waals surface area contributed by atoms with E-state index in [0.717, 1.165) is 16.7 Å². The van der Waals surface area contributed by atoms with Gasteiger partial charge in [0, 0.05) is 21.5 Å². The Labute approximate surface area is 122 Å². The minimum atomic E-state index is -0.791. The van der Waals surface area contributed by atoms with Crippen LogP contribution in [0.4, 0.5) is 5.13 Å². The molecule has 0 bridgehead atoms. The van der Waals surface area contributed by atoms with Crippen LogP contribution in [-0.4, -0.2) is 16.0 Å². The third-order valence-corrected chi connectivity index (χ3v) is 4.59. The lowest BCUT2D eigenvalue weighted by Gasteiger charge is -2.08. The minimum Gasteiger partial charge on any atom is -0.301 e. The maximum Gasteiger partial charge on any atom is 0.242 e. The van der Waals surface area contributed by atoms with E-state index < -0.39 is 5.92 Å². The van der Waals surface area contributed by atoms with Crippen molar-refractivity contribution in [3.8, 4) is 0 Å². The first-order chi connectivity index (χ1) is 9.15. The molecule has 1 aromatic heterocycles. The highest BCUT2D eigenvalue weighted by molar-refractivity contribution is 8.14. The molecule has 4 nitrogen and oxygen atoms in total. The number of benzene rings is 1. The van der Waals surface area contributed by atoms with Crippen LogP contribution < -0.4 is 5.32 Å². The van der Waals surface area contributed by atoms with Gasteiger partial charge in [0.25, 0.3) is 0 Å². The van der Waals surface area contributed by atoms with E-state index in [1.807, 2.05) is 0 Å². The molecule has 1 unspecified atom stereocenters. The summed E-state index contributed by atoms with van der Waals surface area (Å²) in [5, 5.41) is 5.27. The van der Waals surface area contributed by atoms with Crippen molar-refractivity contribution in [3.05, 3.63) is 40.4 Å². The number of nitrogens with one attached hydrogen (secondary N) is 1. The second kappa shape index (κ2) is 4.96. The summed E-state index contributed by atoms with van der Waals surface area (Å²) >= 11 is 8.25. The Morgan fingerprint density at radius 1 is 1.42 bits per heavy atom. The Kier molecular flexibility index (Phi) is 3.30. The summed E-state index contributed by atoms with van der Waals surface area (Å²) in [6.45, 7) is 0. The van der Waals surface area contributed by atoms with Gasteiger partial charge < -0.3 is 5.32 Å². The normalized spacial score (nSPS) is 17.3. The number of fused-ring (bicyclic) bond motifs is 1. The Morgan fingerprint density at radius 3 is 3.00 bits per heavy atom. The molecule has 1 atom stereocenters. The molecule has 0 aliphatic carbocycles.